The van der Waals surface area contributed by atoms with Gasteiger partial charge in [0.25, 0.3) is 5.91 Å². The van der Waals surface area contributed by atoms with Crippen molar-refractivity contribution in [3.8, 4) is 11.5 Å². The summed E-state index contributed by atoms with van der Waals surface area (Å²) in [4.78, 5) is 12.3. The number of benzene rings is 2. The van der Waals surface area contributed by atoms with Crippen LogP contribution in [0.4, 0.5) is 5.69 Å². The highest BCUT2D eigenvalue weighted by atomic mass is 79.9. The Morgan fingerprint density at radius 2 is 1.95 bits per heavy atom. The van der Waals surface area contributed by atoms with Gasteiger partial charge in [-0.25, -0.2) is 0 Å². The zero-order chi connectivity index (χ0) is 15.2. The molecule has 0 saturated heterocycles. The van der Waals surface area contributed by atoms with E-state index in [0.29, 0.717) is 17.1 Å². The average Bonchev–Trinajstić information content (AvgIpc) is 2.54. The lowest BCUT2D eigenvalue weighted by atomic mass is 10.1. The Morgan fingerprint density at radius 3 is 2.62 bits per heavy atom. The number of carbonyl (C=O) groups excluding carboxylic acids is 1. The summed E-state index contributed by atoms with van der Waals surface area (Å²) in [5.41, 5.74) is 2.30. The second-order valence-electron chi connectivity index (χ2n) is 4.35. The molecule has 0 unspecified atom stereocenters. The molecule has 4 nitrogen and oxygen atoms in total. The van der Waals surface area contributed by atoms with Crippen molar-refractivity contribution in [1.82, 2.24) is 0 Å². The van der Waals surface area contributed by atoms with E-state index in [1.165, 1.54) is 7.11 Å². The molecular weight excluding hydrogens is 334 g/mol. The molecule has 0 radical (unpaired) electrons. The first kappa shape index (κ1) is 15.4. The molecule has 0 fully saturated rings. The van der Waals surface area contributed by atoms with Gasteiger partial charge in [0.15, 0.2) is 0 Å². The van der Waals surface area contributed by atoms with E-state index in [4.69, 9.17) is 9.47 Å². The predicted molar refractivity (Wildman–Crippen MR) is 86.6 cm³/mol. The lowest BCUT2D eigenvalue weighted by molar-refractivity contribution is 0.102. The van der Waals surface area contributed by atoms with Gasteiger partial charge in [-0.3, -0.25) is 4.79 Å². The molecular formula is C16H16BrNO3. The minimum Gasteiger partial charge on any atom is -0.497 e. The molecule has 0 spiro atoms. The largest absolute Gasteiger partial charge is 0.497 e. The zero-order valence-corrected chi connectivity index (χ0v) is 13.4. The predicted octanol–water partition coefficient (Wildman–Crippen LogP) is 3.85. The molecule has 0 aliphatic rings. The fraction of sp³-hybridized carbons (Fsp3) is 0.188. The molecule has 0 saturated carbocycles. The quantitative estimate of drug-likeness (QED) is 0.834. The van der Waals surface area contributed by atoms with Gasteiger partial charge >= 0.3 is 0 Å². The molecule has 21 heavy (non-hydrogen) atoms. The van der Waals surface area contributed by atoms with Crippen LogP contribution in [0.2, 0.25) is 0 Å². The van der Waals surface area contributed by atoms with Gasteiger partial charge in [-0.2, -0.15) is 0 Å². The third kappa shape index (κ3) is 3.76. The highest BCUT2D eigenvalue weighted by Crippen LogP contribution is 2.25. The molecule has 0 aliphatic carbocycles. The number of nitrogens with one attached hydrogen (secondary N) is 1. The summed E-state index contributed by atoms with van der Waals surface area (Å²) in [6, 6.07) is 12.7. The van der Waals surface area contributed by atoms with Gasteiger partial charge in [0.05, 0.1) is 19.8 Å². The van der Waals surface area contributed by atoms with Crippen LogP contribution in [0.3, 0.4) is 0 Å². The van der Waals surface area contributed by atoms with Crippen LogP contribution >= 0.6 is 15.9 Å². The summed E-state index contributed by atoms with van der Waals surface area (Å²) in [7, 11) is 3.09. The van der Waals surface area contributed by atoms with Crippen molar-refractivity contribution < 1.29 is 14.3 Å². The zero-order valence-electron chi connectivity index (χ0n) is 11.9. The summed E-state index contributed by atoms with van der Waals surface area (Å²) >= 11 is 3.39. The van der Waals surface area contributed by atoms with E-state index < -0.39 is 0 Å². The van der Waals surface area contributed by atoms with Crippen LogP contribution in [0.1, 0.15) is 15.9 Å². The molecule has 2 aromatic rings. The van der Waals surface area contributed by atoms with Crippen molar-refractivity contribution >= 4 is 27.5 Å². The SMILES string of the molecule is COc1ccc(C(=O)Nc2cccc(CBr)c2)c(OC)c1. The van der Waals surface area contributed by atoms with E-state index in [1.54, 1.807) is 25.3 Å². The van der Waals surface area contributed by atoms with Crippen LogP contribution in [0, 0.1) is 0 Å². The molecule has 0 aliphatic heterocycles. The number of methoxy groups -OCH3 is 2. The highest BCUT2D eigenvalue weighted by molar-refractivity contribution is 9.08. The number of alkyl halides is 1. The van der Waals surface area contributed by atoms with Crippen molar-refractivity contribution in [2.24, 2.45) is 0 Å². The summed E-state index contributed by atoms with van der Waals surface area (Å²) in [6.07, 6.45) is 0. The minimum absolute atomic E-state index is 0.221. The third-order valence-electron chi connectivity index (χ3n) is 2.99. The Bertz CT molecular complexity index is 643. The summed E-state index contributed by atoms with van der Waals surface area (Å²) in [5, 5.41) is 3.60. The van der Waals surface area contributed by atoms with E-state index in [0.717, 1.165) is 16.6 Å². The Hall–Kier alpha value is -2.01. The lowest BCUT2D eigenvalue weighted by Gasteiger charge is -2.11. The van der Waals surface area contributed by atoms with Crippen LogP contribution in [-0.4, -0.2) is 20.1 Å². The maximum absolute atomic E-state index is 12.3. The van der Waals surface area contributed by atoms with Gasteiger partial charge in [-0.15, -0.1) is 0 Å². The number of hydrogen-bond donors (Lipinski definition) is 1. The second-order valence-corrected chi connectivity index (χ2v) is 4.92. The highest BCUT2D eigenvalue weighted by Gasteiger charge is 2.13. The molecule has 110 valence electrons. The van der Waals surface area contributed by atoms with Gasteiger partial charge in [0.2, 0.25) is 0 Å². The molecule has 2 aromatic carbocycles. The van der Waals surface area contributed by atoms with E-state index >= 15 is 0 Å². The minimum atomic E-state index is -0.221. The number of halogens is 1. The number of rotatable bonds is 5. The number of ether oxygens (including phenoxy) is 2. The van der Waals surface area contributed by atoms with Crippen molar-refractivity contribution in [2.75, 3.05) is 19.5 Å². The van der Waals surface area contributed by atoms with Crippen LogP contribution in [0.25, 0.3) is 0 Å². The first-order chi connectivity index (χ1) is 10.2. The van der Waals surface area contributed by atoms with Gasteiger partial charge in [-0.05, 0) is 29.8 Å². The molecule has 1 N–H and O–H groups in total. The van der Waals surface area contributed by atoms with Crippen LogP contribution in [-0.2, 0) is 5.33 Å². The first-order valence-electron chi connectivity index (χ1n) is 6.36. The normalized spacial score (nSPS) is 10.0. The maximum atomic E-state index is 12.3. The van der Waals surface area contributed by atoms with Gasteiger partial charge in [0, 0.05) is 17.1 Å². The molecule has 2 rings (SSSR count). The van der Waals surface area contributed by atoms with Crippen molar-refractivity contribution in [3.05, 3.63) is 53.6 Å². The van der Waals surface area contributed by atoms with Gasteiger partial charge in [0.1, 0.15) is 11.5 Å². The van der Waals surface area contributed by atoms with E-state index in [-0.39, 0.29) is 5.91 Å². The van der Waals surface area contributed by atoms with Crippen molar-refractivity contribution in [1.29, 1.82) is 0 Å². The van der Waals surface area contributed by atoms with E-state index in [2.05, 4.69) is 21.2 Å². The molecule has 0 aromatic heterocycles. The average molecular weight is 350 g/mol. The standard InChI is InChI=1S/C16H16BrNO3/c1-20-13-6-7-14(15(9-13)21-2)16(19)18-12-5-3-4-11(8-12)10-17/h3-9H,10H2,1-2H3,(H,18,19). The Morgan fingerprint density at radius 1 is 1.14 bits per heavy atom. The van der Waals surface area contributed by atoms with Gasteiger partial charge in [-0.1, -0.05) is 28.1 Å². The Labute approximate surface area is 132 Å². The molecule has 0 atom stereocenters. The molecule has 5 heteroatoms. The van der Waals surface area contributed by atoms with E-state index in [9.17, 15) is 4.79 Å². The number of amides is 1. The summed E-state index contributed by atoms with van der Waals surface area (Å²) in [5.74, 6) is 0.898. The van der Waals surface area contributed by atoms with Crippen LogP contribution < -0.4 is 14.8 Å². The second kappa shape index (κ2) is 7.13. The van der Waals surface area contributed by atoms with Crippen LogP contribution in [0.5, 0.6) is 11.5 Å². The lowest BCUT2D eigenvalue weighted by Crippen LogP contribution is -2.13. The fourth-order valence-electron chi connectivity index (χ4n) is 1.92. The number of hydrogen-bond acceptors (Lipinski definition) is 3. The molecule has 0 heterocycles. The first-order valence-corrected chi connectivity index (χ1v) is 7.48. The molecule has 1 amide bonds. The summed E-state index contributed by atoms with van der Waals surface area (Å²) in [6.45, 7) is 0. The molecule has 0 bridgehead atoms. The number of carbonyl (C=O) groups is 1. The monoisotopic (exact) mass is 349 g/mol. The topological polar surface area (TPSA) is 47.6 Å². The Kier molecular flexibility index (Phi) is 5.22. The fourth-order valence-corrected chi connectivity index (χ4v) is 2.27. The van der Waals surface area contributed by atoms with Crippen molar-refractivity contribution in [2.45, 2.75) is 5.33 Å². The van der Waals surface area contributed by atoms with E-state index in [1.807, 2.05) is 24.3 Å². The summed E-state index contributed by atoms with van der Waals surface area (Å²) < 4.78 is 10.4. The Balaban J connectivity index is 2.23. The van der Waals surface area contributed by atoms with Crippen molar-refractivity contribution in [3.63, 3.8) is 0 Å². The van der Waals surface area contributed by atoms with Gasteiger partial charge < -0.3 is 14.8 Å². The smallest absolute Gasteiger partial charge is 0.259 e. The maximum Gasteiger partial charge on any atom is 0.259 e. The number of anilines is 1. The third-order valence-corrected chi connectivity index (χ3v) is 3.64. The van der Waals surface area contributed by atoms with Crippen LogP contribution in [0.15, 0.2) is 42.5 Å².